The zero-order valence-corrected chi connectivity index (χ0v) is 10.6. The second-order valence-electron chi connectivity index (χ2n) is 3.19. The van der Waals surface area contributed by atoms with Crippen LogP contribution in [0.2, 0.25) is 5.02 Å². The van der Waals surface area contributed by atoms with Gasteiger partial charge in [0.25, 0.3) is 5.91 Å². The van der Waals surface area contributed by atoms with Gasteiger partial charge in [0.2, 0.25) is 0 Å². The SMILES string of the molecule is O=C(NC1NNNN1)c1cc(Cl)cc(F)c1Br. The predicted molar refractivity (Wildman–Crippen MR) is 62.9 cm³/mol. The maximum atomic E-state index is 13.3. The van der Waals surface area contributed by atoms with Crippen LogP contribution in [0.15, 0.2) is 16.6 Å². The Hall–Kier alpha value is -0.770. The molecule has 1 aliphatic rings. The van der Waals surface area contributed by atoms with Gasteiger partial charge < -0.3 is 5.32 Å². The summed E-state index contributed by atoms with van der Waals surface area (Å²) >= 11 is 8.68. The van der Waals surface area contributed by atoms with Gasteiger partial charge in [0.15, 0.2) is 6.29 Å². The Morgan fingerprint density at radius 3 is 2.71 bits per heavy atom. The van der Waals surface area contributed by atoms with Crippen molar-refractivity contribution < 1.29 is 9.18 Å². The molecule has 0 saturated carbocycles. The number of carbonyl (C=O) groups excluding carboxylic acids is 1. The number of nitrogens with one attached hydrogen (secondary N) is 5. The van der Waals surface area contributed by atoms with Crippen LogP contribution >= 0.6 is 27.5 Å². The van der Waals surface area contributed by atoms with Gasteiger partial charge >= 0.3 is 0 Å². The maximum Gasteiger partial charge on any atom is 0.254 e. The molecule has 2 rings (SSSR count). The van der Waals surface area contributed by atoms with Crippen LogP contribution in [0, 0.1) is 5.82 Å². The first kappa shape index (κ1) is 12.7. The average molecular weight is 325 g/mol. The molecule has 1 amide bonds. The molecular formula is C8H8BrClFN5O. The first-order chi connectivity index (χ1) is 8.08. The Morgan fingerprint density at radius 1 is 1.41 bits per heavy atom. The fraction of sp³-hybridized carbons (Fsp3) is 0.125. The van der Waals surface area contributed by atoms with E-state index in [1.54, 1.807) is 0 Å². The first-order valence-corrected chi connectivity index (χ1v) is 5.71. The summed E-state index contributed by atoms with van der Waals surface area (Å²) in [7, 11) is 0. The van der Waals surface area contributed by atoms with Crippen molar-refractivity contribution in [3.63, 3.8) is 0 Å². The molecule has 1 fully saturated rings. The summed E-state index contributed by atoms with van der Waals surface area (Å²) in [5.74, 6) is -1.07. The number of benzene rings is 1. The summed E-state index contributed by atoms with van der Waals surface area (Å²) in [5.41, 5.74) is 10.5. The van der Waals surface area contributed by atoms with Gasteiger partial charge in [-0.25, -0.2) is 15.2 Å². The van der Waals surface area contributed by atoms with E-state index in [1.165, 1.54) is 6.07 Å². The molecule has 0 unspecified atom stereocenters. The smallest absolute Gasteiger partial charge is 0.254 e. The third kappa shape index (κ3) is 2.92. The second-order valence-corrected chi connectivity index (χ2v) is 4.42. The summed E-state index contributed by atoms with van der Waals surface area (Å²) in [6.07, 6.45) is -0.517. The van der Waals surface area contributed by atoms with E-state index in [0.717, 1.165) is 6.07 Å². The Kier molecular flexibility index (Phi) is 3.92. The summed E-state index contributed by atoms with van der Waals surface area (Å²) in [6, 6.07) is 2.50. The highest BCUT2D eigenvalue weighted by Gasteiger charge is 2.19. The normalized spacial score (nSPS) is 16.2. The number of rotatable bonds is 2. The lowest BCUT2D eigenvalue weighted by molar-refractivity contribution is 0.0925. The minimum Gasteiger partial charge on any atom is -0.322 e. The van der Waals surface area contributed by atoms with Crippen molar-refractivity contribution in [1.29, 1.82) is 0 Å². The van der Waals surface area contributed by atoms with Crippen LogP contribution in [0.3, 0.4) is 0 Å². The maximum absolute atomic E-state index is 13.3. The largest absolute Gasteiger partial charge is 0.322 e. The molecule has 92 valence electrons. The van der Waals surface area contributed by atoms with Gasteiger partial charge in [-0.1, -0.05) is 11.6 Å². The minimum atomic E-state index is -0.591. The monoisotopic (exact) mass is 323 g/mol. The minimum absolute atomic E-state index is 0.0679. The molecule has 5 N–H and O–H groups in total. The Morgan fingerprint density at radius 2 is 2.06 bits per heavy atom. The molecule has 0 atom stereocenters. The van der Waals surface area contributed by atoms with E-state index in [2.05, 4.69) is 43.2 Å². The topological polar surface area (TPSA) is 77.2 Å². The van der Waals surface area contributed by atoms with E-state index in [9.17, 15) is 9.18 Å². The Bertz CT molecular complexity index is 454. The molecular weight excluding hydrogens is 316 g/mol. The zero-order valence-electron chi connectivity index (χ0n) is 8.27. The zero-order chi connectivity index (χ0) is 12.4. The Balaban J connectivity index is 2.18. The fourth-order valence-electron chi connectivity index (χ4n) is 1.25. The Labute approximate surface area is 109 Å². The standard InChI is InChI=1S/C8H8BrClFN5O/c9-6-4(1-3(10)2-5(6)11)7(17)12-8-13-15-16-14-8/h1-2,8,13-16H,(H,12,17). The van der Waals surface area contributed by atoms with Crippen molar-refractivity contribution in [3.8, 4) is 0 Å². The van der Waals surface area contributed by atoms with Crippen molar-refractivity contribution in [1.82, 2.24) is 27.2 Å². The van der Waals surface area contributed by atoms with Crippen LogP contribution in [-0.4, -0.2) is 12.2 Å². The van der Waals surface area contributed by atoms with E-state index in [4.69, 9.17) is 11.6 Å². The predicted octanol–water partition coefficient (Wildman–Crippen LogP) is 0.372. The molecule has 17 heavy (non-hydrogen) atoms. The van der Waals surface area contributed by atoms with Crippen LogP contribution in [0.25, 0.3) is 0 Å². The van der Waals surface area contributed by atoms with Crippen LogP contribution in [-0.2, 0) is 0 Å². The van der Waals surface area contributed by atoms with E-state index in [1.807, 2.05) is 0 Å². The van der Waals surface area contributed by atoms with Crippen LogP contribution < -0.4 is 27.2 Å². The van der Waals surface area contributed by atoms with Crippen LogP contribution in [0.4, 0.5) is 4.39 Å². The molecule has 0 aliphatic carbocycles. The molecule has 0 bridgehead atoms. The molecule has 0 radical (unpaired) electrons. The van der Waals surface area contributed by atoms with E-state index >= 15 is 0 Å². The molecule has 1 aromatic rings. The summed E-state index contributed by atoms with van der Waals surface area (Å²) < 4.78 is 13.4. The van der Waals surface area contributed by atoms with Crippen molar-refractivity contribution in [2.45, 2.75) is 6.29 Å². The number of hydrogen-bond donors (Lipinski definition) is 5. The van der Waals surface area contributed by atoms with Gasteiger partial charge in [-0.2, -0.15) is 11.1 Å². The molecule has 1 saturated heterocycles. The van der Waals surface area contributed by atoms with E-state index < -0.39 is 18.0 Å². The summed E-state index contributed by atoms with van der Waals surface area (Å²) in [4.78, 5) is 11.8. The van der Waals surface area contributed by atoms with Crippen molar-refractivity contribution in [2.75, 3.05) is 0 Å². The van der Waals surface area contributed by atoms with Gasteiger partial charge in [-0.3, -0.25) is 4.79 Å². The molecule has 1 heterocycles. The number of carbonyl (C=O) groups is 1. The van der Waals surface area contributed by atoms with Gasteiger partial charge in [0, 0.05) is 5.02 Å². The molecule has 1 aliphatic heterocycles. The van der Waals surface area contributed by atoms with Crippen LogP contribution in [0.1, 0.15) is 10.4 Å². The molecule has 6 nitrogen and oxygen atoms in total. The highest BCUT2D eigenvalue weighted by atomic mass is 79.9. The number of hydrazine groups is 3. The first-order valence-electron chi connectivity index (χ1n) is 4.54. The third-order valence-corrected chi connectivity index (χ3v) is 3.03. The second kappa shape index (κ2) is 5.25. The van der Waals surface area contributed by atoms with Crippen molar-refractivity contribution in [2.24, 2.45) is 0 Å². The number of amides is 1. The highest BCUT2D eigenvalue weighted by Crippen LogP contribution is 2.25. The van der Waals surface area contributed by atoms with Crippen LogP contribution in [0.5, 0.6) is 0 Å². The molecule has 9 heteroatoms. The highest BCUT2D eigenvalue weighted by molar-refractivity contribution is 9.10. The molecule has 0 aromatic heterocycles. The summed E-state index contributed by atoms with van der Waals surface area (Å²) in [6.45, 7) is 0. The van der Waals surface area contributed by atoms with Gasteiger partial charge in [-0.15, -0.1) is 0 Å². The lowest BCUT2D eigenvalue weighted by Gasteiger charge is -2.12. The van der Waals surface area contributed by atoms with Gasteiger partial charge in [-0.05, 0) is 28.1 Å². The quantitative estimate of drug-likeness (QED) is 0.508. The number of hydrogen-bond acceptors (Lipinski definition) is 5. The van der Waals surface area contributed by atoms with Crippen molar-refractivity contribution in [3.05, 3.63) is 33.0 Å². The molecule has 1 aromatic carbocycles. The molecule has 0 spiro atoms. The van der Waals surface area contributed by atoms with Gasteiger partial charge in [0.05, 0.1) is 10.0 Å². The van der Waals surface area contributed by atoms with Crippen molar-refractivity contribution >= 4 is 33.4 Å². The lowest BCUT2D eigenvalue weighted by atomic mass is 10.2. The summed E-state index contributed by atoms with van der Waals surface area (Å²) in [5, 5.41) is 2.70. The number of halogens is 3. The lowest BCUT2D eigenvalue weighted by Crippen LogP contribution is -2.49. The third-order valence-electron chi connectivity index (χ3n) is 2.01. The fourth-order valence-corrected chi connectivity index (χ4v) is 1.87. The van der Waals surface area contributed by atoms with E-state index in [-0.39, 0.29) is 15.1 Å². The average Bonchev–Trinajstić information content (AvgIpc) is 2.76. The van der Waals surface area contributed by atoms with E-state index in [0.29, 0.717) is 0 Å². The van der Waals surface area contributed by atoms with Gasteiger partial charge in [0.1, 0.15) is 5.82 Å².